The second-order valence-corrected chi connectivity index (χ2v) is 11.3. The summed E-state index contributed by atoms with van der Waals surface area (Å²) >= 11 is 5.57. The van der Waals surface area contributed by atoms with E-state index < -0.39 is 41.5 Å². The molecule has 0 atom stereocenters. The summed E-state index contributed by atoms with van der Waals surface area (Å²) in [5.41, 5.74) is 28.1. The molecule has 0 radical (unpaired) electrons. The average Bonchev–Trinajstić information content (AvgIpc) is 2.86. The molecule has 18 heteroatoms. The van der Waals surface area contributed by atoms with Gasteiger partial charge in [0, 0.05) is 17.1 Å². The summed E-state index contributed by atoms with van der Waals surface area (Å²) in [6.07, 6.45) is 0. The number of hydrogen-bond acceptors (Lipinski definition) is 13. The van der Waals surface area contributed by atoms with Crippen LogP contribution in [0.5, 0.6) is 11.5 Å². The number of nitrogens with zero attached hydrogens (tertiary/aromatic N) is 1. The summed E-state index contributed by atoms with van der Waals surface area (Å²) in [4.78, 5) is 8.32. The number of aromatic hydroxyl groups is 2. The molecule has 0 saturated carbocycles. The third-order valence-electron chi connectivity index (χ3n) is 5.17. The molecule has 0 aliphatic carbocycles. The van der Waals surface area contributed by atoms with Crippen molar-refractivity contribution in [2.45, 2.75) is 16.3 Å². The Morgan fingerprint density at radius 2 is 1.27 bits per heavy atom. The van der Waals surface area contributed by atoms with Crippen LogP contribution in [-0.2, 0) is 26.8 Å². The van der Waals surface area contributed by atoms with Crippen LogP contribution in [0.4, 0.5) is 28.4 Å². The van der Waals surface area contributed by atoms with Gasteiger partial charge in [-0.2, -0.15) is 21.7 Å². The number of hydrogen-bond donors (Lipinski definition) is 9. The van der Waals surface area contributed by atoms with Gasteiger partial charge < -0.3 is 38.9 Å². The largest absolute Gasteiger partial charge is 0.506 e. The minimum atomic E-state index is -4.73. The molecule has 0 heterocycles. The van der Waals surface area contributed by atoms with E-state index in [2.05, 4.69) is 5.18 Å². The molecule has 4 aromatic rings. The number of phenols is 2. The summed E-state index contributed by atoms with van der Waals surface area (Å²) < 4.78 is 62.7. The molecule has 220 valence electrons. The fraction of sp³-hybridized carbons (Fsp3) is 0.0435. The lowest BCUT2D eigenvalue weighted by molar-refractivity contribution is 0.473. The van der Waals surface area contributed by atoms with Crippen molar-refractivity contribution in [3.8, 4) is 11.5 Å². The van der Waals surface area contributed by atoms with Crippen molar-refractivity contribution >= 4 is 71.0 Å². The smallest absolute Gasteiger partial charge is 0.296 e. The molecule has 41 heavy (non-hydrogen) atoms. The molecular formula is C23H25ClN6O9S2. The SMILES string of the molecule is Nc1cc(Cl)c(N)cc1O.Nc1cc2c(O)c(N)c(S(=O)(=O)O)cc2cc1S(=O)(=O)O.Nc1ccc(CN=O)cc1. The highest BCUT2D eigenvalue weighted by atomic mass is 35.5. The van der Waals surface area contributed by atoms with Crippen LogP contribution in [0.3, 0.4) is 0 Å². The lowest BCUT2D eigenvalue weighted by atomic mass is 10.1. The lowest BCUT2D eigenvalue weighted by Crippen LogP contribution is -2.06. The quantitative estimate of drug-likeness (QED) is 0.0679. The summed E-state index contributed by atoms with van der Waals surface area (Å²) in [6, 6.07) is 12.5. The summed E-state index contributed by atoms with van der Waals surface area (Å²) in [7, 11) is -9.38. The summed E-state index contributed by atoms with van der Waals surface area (Å²) in [5, 5.41) is 21.8. The highest BCUT2D eigenvalue weighted by Crippen LogP contribution is 2.39. The van der Waals surface area contributed by atoms with Gasteiger partial charge in [0.1, 0.15) is 27.8 Å². The van der Waals surface area contributed by atoms with Crippen molar-refractivity contribution in [2.75, 3.05) is 28.7 Å². The van der Waals surface area contributed by atoms with E-state index in [-0.39, 0.29) is 34.4 Å². The van der Waals surface area contributed by atoms with Crippen molar-refractivity contribution in [1.29, 1.82) is 0 Å². The van der Waals surface area contributed by atoms with Crippen molar-refractivity contribution in [1.82, 2.24) is 0 Å². The predicted octanol–water partition coefficient (Wildman–Crippen LogP) is 2.95. The van der Waals surface area contributed by atoms with Gasteiger partial charge in [0.15, 0.2) is 0 Å². The Hall–Kier alpha value is -4.55. The Balaban J connectivity index is 0.000000244. The first-order valence-corrected chi connectivity index (χ1v) is 14.1. The minimum Gasteiger partial charge on any atom is -0.506 e. The zero-order chi connectivity index (χ0) is 31.3. The molecule has 4 rings (SSSR count). The maximum atomic E-state index is 11.2. The first-order chi connectivity index (χ1) is 18.9. The normalized spacial score (nSPS) is 11.1. The molecule has 0 aromatic heterocycles. The van der Waals surface area contributed by atoms with Gasteiger partial charge in [-0.25, -0.2) is 0 Å². The number of phenolic OH excluding ortho intramolecular Hbond substituents is 2. The van der Waals surface area contributed by atoms with E-state index in [9.17, 15) is 26.8 Å². The molecule has 0 aliphatic heterocycles. The van der Waals surface area contributed by atoms with Crippen LogP contribution >= 0.6 is 11.6 Å². The van der Waals surface area contributed by atoms with Gasteiger partial charge in [-0.1, -0.05) is 28.9 Å². The number of nitrogens with two attached hydrogens (primary N) is 5. The maximum absolute atomic E-state index is 11.2. The zero-order valence-corrected chi connectivity index (χ0v) is 23.2. The monoisotopic (exact) mass is 628 g/mol. The molecular weight excluding hydrogens is 604 g/mol. The van der Waals surface area contributed by atoms with Crippen molar-refractivity contribution in [3.05, 3.63) is 70.1 Å². The van der Waals surface area contributed by atoms with Gasteiger partial charge in [0.05, 0.1) is 27.8 Å². The van der Waals surface area contributed by atoms with E-state index in [0.717, 1.165) is 23.8 Å². The first-order valence-electron chi connectivity index (χ1n) is 10.8. The number of anilines is 5. The molecule has 0 fully saturated rings. The topological polar surface area (TPSA) is 309 Å². The fourth-order valence-electron chi connectivity index (χ4n) is 3.15. The Labute approximate surface area is 238 Å². The number of nitroso groups, excluding NO2 is 1. The van der Waals surface area contributed by atoms with E-state index in [0.29, 0.717) is 16.4 Å². The van der Waals surface area contributed by atoms with Crippen LogP contribution < -0.4 is 28.7 Å². The van der Waals surface area contributed by atoms with Crippen molar-refractivity contribution in [2.24, 2.45) is 5.18 Å². The maximum Gasteiger partial charge on any atom is 0.296 e. The Bertz CT molecular complexity index is 1760. The van der Waals surface area contributed by atoms with Crippen LogP contribution in [0.15, 0.2) is 69.6 Å². The van der Waals surface area contributed by atoms with Gasteiger partial charge in [-0.05, 0) is 47.3 Å². The third-order valence-corrected chi connectivity index (χ3v) is 7.30. The first kappa shape index (κ1) is 32.7. The van der Waals surface area contributed by atoms with Gasteiger partial charge in [0.2, 0.25) is 0 Å². The Kier molecular flexibility index (Phi) is 10.2. The highest BCUT2D eigenvalue weighted by Gasteiger charge is 2.22. The molecule has 0 bridgehead atoms. The van der Waals surface area contributed by atoms with Crippen LogP contribution in [0.1, 0.15) is 5.56 Å². The average molecular weight is 629 g/mol. The van der Waals surface area contributed by atoms with Gasteiger partial charge in [0.25, 0.3) is 20.2 Å². The molecule has 4 aromatic carbocycles. The van der Waals surface area contributed by atoms with E-state index >= 15 is 0 Å². The second kappa shape index (κ2) is 12.7. The van der Waals surface area contributed by atoms with Crippen LogP contribution in [0, 0.1) is 4.91 Å². The zero-order valence-electron chi connectivity index (χ0n) is 20.8. The number of benzene rings is 4. The standard InChI is InChI=1S/C10H10N2O7S2.C7H8N2O.C6H7ClN2O/c11-6-3-5-4(1-7(6)20(14,15)16)2-8(21(17,18)19)9(12)10(5)13;8-7-3-1-6(2-4-7)5-9-10;7-3-1-5(9)6(10)2-4(3)8/h1-3,13H,11-12H2,(H,14,15,16)(H,17,18,19);1-4H,5,8H2;1-2,10H,8-9H2. The highest BCUT2D eigenvalue weighted by molar-refractivity contribution is 7.86. The minimum absolute atomic E-state index is 0.0372. The molecule has 0 aliphatic rings. The molecule has 0 saturated heterocycles. The van der Waals surface area contributed by atoms with E-state index in [4.69, 9.17) is 54.5 Å². The molecule has 0 spiro atoms. The lowest BCUT2D eigenvalue weighted by Gasteiger charge is -2.11. The number of halogens is 1. The van der Waals surface area contributed by atoms with Crippen molar-refractivity contribution in [3.63, 3.8) is 0 Å². The number of fused-ring (bicyclic) bond motifs is 1. The number of nitrogen functional groups attached to an aromatic ring is 5. The molecule has 15 nitrogen and oxygen atoms in total. The second-order valence-electron chi connectivity index (χ2n) is 8.16. The fourth-order valence-corrected chi connectivity index (χ4v) is 4.60. The van der Waals surface area contributed by atoms with E-state index in [1.807, 2.05) is 0 Å². The Morgan fingerprint density at radius 3 is 1.76 bits per heavy atom. The van der Waals surface area contributed by atoms with Gasteiger partial charge in [-0.15, -0.1) is 0 Å². The summed E-state index contributed by atoms with van der Waals surface area (Å²) in [5.74, 6) is -0.726. The van der Waals surface area contributed by atoms with Gasteiger partial charge in [-0.3, -0.25) is 9.11 Å². The van der Waals surface area contributed by atoms with Crippen LogP contribution in [-0.4, -0.2) is 36.2 Å². The third kappa shape index (κ3) is 8.47. The van der Waals surface area contributed by atoms with Gasteiger partial charge >= 0.3 is 0 Å². The van der Waals surface area contributed by atoms with Crippen molar-refractivity contribution < 1.29 is 36.2 Å². The number of rotatable bonds is 4. The summed E-state index contributed by atoms with van der Waals surface area (Å²) in [6.45, 7) is 0.222. The van der Waals surface area contributed by atoms with E-state index in [1.165, 1.54) is 12.1 Å². The van der Waals surface area contributed by atoms with Crippen LogP contribution in [0.25, 0.3) is 10.8 Å². The molecule has 14 N–H and O–H groups in total. The Morgan fingerprint density at radius 1 is 0.732 bits per heavy atom. The molecule has 0 unspecified atom stereocenters. The van der Waals surface area contributed by atoms with Crippen LogP contribution in [0.2, 0.25) is 5.02 Å². The molecule has 0 amide bonds. The predicted molar refractivity (Wildman–Crippen MR) is 156 cm³/mol. The van der Waals surface area contributed by atoms with E-state index in [1.54, 1.807) is 24.3 Å².